The molecule has 0 heterocycles. The molecule has 0 amide bonds. The maximum Gasteiger partial charge on any atom is 0.0705 e. The van der Waals surface area contributed by atoms with Gasteiger partial charge in [-0.1, -0.05) is 34.1 Å². The van der Waals surface area contributed by atoms with Gasteiger partial charge in [0.05, 0.1) is 5.69 Å². The highest BCUT2D eigenvalue weighted by atomic mass is 79.9. The minimum Gasteiger partial charge on any atom is -0.264 e. The second kappa shape index (κ2) is 4.21. The zero-order chi connectivity index (χ0) is 8.97. The first-order valence-electron chi connectivity index (χ1n) is 3.67. The quantitative estimate of drug-likeness (QED) is 0.677. The molecule has 1 aromatic carbocycles. The zero-order valence-corrected chi connectivity index (χ0v) is 8.51. The highest BCUT2D eigenvalue weighted by Gasteiger charge is 1.96. The van der Waals surface area contributed by atoms with E-state index in [0.717, 1.165) is 15.7 Å². The van der Waals surface area contributed by atoms with E-state index in [1.54, 1.807) is 0 Å². The minimum absolute atomic E-state index is 0.905. The molecule has 1 aromatic rings. The summed E-state index contributed by atoms with van der Waals surface area (Å²) in [6.07, 6.45) is 3.99. The predicted octanol–water partition coefficient (Wildman–Crippen LogP) is 3.81. The monoisotopic (exact) mass is 223 g/mol. The maximum atomic E-state index is 3.92. The van der Waals surface area contributed by atoms with Crippen LogP contribution in [0.5, 0.6) is 0 Å². The lowest BCUT2D eigenvalue weighted by molar-refractivity contribution is 1.50. The normalized spacial score (nSPS) is 10.5. The number of allylic oxidation sites excluding steroid dienone is 1. The molecule has 0 aliphatic heterocycles. The number of aliphatic imine (C=N–C) groups is 1. The summed E-state index contributed by atoms with van der Waals surface area (Å²) in [4.78, 5) is 3.92. The van der Waals surface area contributed by atoms with Crippen LogP contribution in [0.25, 0.3) is 6.08 Å². The Kier molecular flexibility index (Phi) is 3.23. The smallest absolute Gasteiger partial charge is 0.0705 e. The van der Waals surface area contributed by atoms with Crippen molar-refractivity contribution in [3.8, 4) is 0 Å². The lowest BCUT2D eigenvalue weighted by atomic mass is 10.2. The summed E-state index contributed by atoms with van der Waals surface area (Å²) >= 11 is 3.38. The van der Waals surface area contributed by atoms with Crippen LogP contribution in [-0.2, 0) is 0 Å². The molecule has 0 aliphatic carbocycles. The summed E-state index contributed by atoms with van der Waals surface area (Å²) in [5.41, 5.74) is 2.00. The van der Waals surface area contributed by atoms with Gasteiger partial charge in [-0.2, -0.15) is 0 Å². The second-order valence-electron chi connectivity index (χ2n) is 2.36. The van der Waals surface area contributed by atoms with Crippen LogP contribution in [0.15, 0.2) is 33.7 Å². The highest BCUT2D eigenvalue weighted by molar-refractivity contribution is 9.10. The fourth-order valence-corrected chi connectivity index (χ4v) is 1.32. The van der Waals surface area contributed by atoms with E-state index >= 15 is 0 Å². The van der Waals surface area contributed by atoms with Gasteiger partial charge in [0.2, 0.25) is 0 Å². The molecule has 0 bridgehead atoms. The fourth-order valence-electron chi connectivity index (χ4n) is 0.974. The first-order valence-corrected chi connectivity index (χ1v) is 4.46. The standard InChI is InChI=1S/C10H10BrN/c1-3-4-8-5-6-9(11)7-10(8)12-2/h3-7H,2H2,1H3/b4-3-. The number of nitrogens with zero attached hydrogens (tertiary/aromatic N) is 1. The van der Waals surface area contributed by atoms with E-state index in [-0.39, 0.29) is 0 Å². The van der Waals surface area contributed by atoms with Crippen molar-refractivity contribution >= 4 is 34.4 Å². The fraction of sp³-hybridized carbons (Fsp3) is 0.100. The van der Waals surface area contributed by atoms with E-state index in [4.69, 9.17) is 0 Å². The average molecular weight is 224 g/mol. The lowest BCUT2D eigenvalue weighted by Gasteiger charge is -1.99. The van der Waals surface area contributed by atoms with E-state index < -0.39 is 0 Å². The molecule has 0 spiro atoms. The van der Waals surface area contributed by atoms with Crippen LogP contribution in [0.2, 0.25) is 0 Å². The van der Waals surface area contributed by atoms with Gasteiger partial charge < -0.3 is 0 Å². The first-order chi connectivity index (χ1) is 5.77. The summed E-state index contributed by atoms with van der Waals surface area (Å²) in [7, 11) is 0. The lowest BCUT2D eigenvalue weighted by Crippen LogP contribution is -1.73. The predicted molar refractivity (Wildman–Crippen MR) is 58.1 cm³/mol. The third-order valence-electron chi connectivity index (χ3n) is 1.51. The molecule has 0 radical (unpaired) electrons. The van der Waals surface area contributed by atoms with Gasteiger partial charge in [-0.3, -0.25) is 4.99 Å². The summed E-state index contributed by atoms with van der Waals surface area (Å²) < 4.78 is 1.03. The van der Waals surface area contributed by atoms with Crippen molar-refractivity contribution in [3.63, 3.8) is 0 Å². The van der Waals surface area contributed by atoms with E-state index in [1.807, 2.05) is 37.3 Å². The number of hydrogen-bond acceptors (Lipinski definition) is 1. The van der Waals surface area contributed by atoms with Crippen LogP contribution < -0.4 is 0 Å². The summed E-state index contributed by atoms with van der Waals surface area (Å²) in [6.45, 7) is 5.49. The van der Waals surface area contributed by atoms with Crippen LogP contribution in [0.1, 0.15) is 12.5 Å². The van der Waals surface area contributed by atoms with Crippen LogP contribution in [-0.4, -0.2) is 6.72 Å². The molecular formula is C10H10BrN. The van der Waals surface area contributed by atoms with Gasteiger partial charge in [0.25, 0.3) is 0 Å². The maximum absolute atomic E-state index is 3.92. The molecule has 62 valence electrons. The molecule has 2 heteroatoms. The Morgan fingerprint density at radius 3 is 2.83 bits per heavy atom. The van der Waals surface area contributed by atoms with Crippen molar-refractivity contribution in [1.29, 1.82) is 0 Å². The third kappa shape index (κ3) is 2.05. The van der Waals surface area contributed by atoms with Crippen molar-refractivity contribution in [2.24, 2.45) is 4.99 Å². The van der Waals surface area contributed by atoms with Gasteiger partial charge >= 0.3 is 0 Å². The molecule has 0 atom stereocenters. The minimum atomic E-state index is 0.905. The molecule has 0 aliphatic rings. The molecule has 0 saturated carbocycles. The molecular weight excluding hydrogens is 214 g/mol. The Balaban J connectivity index is 3.19. The van der Waals surface area contributed by atoms with E-state index in [9.17, 15) is 0 Å². The summed E-state index contributed by atoms with van der Waals surface area (Å²) in [5, 5.41) is 0. The Bertz CT molecular complexity index is 316. The van der Waals surface area contributed by atoms with Crippen molar-refractivity contribution < 1.29 is 0 Å². The van der Waals surface area contributed by atoms with E-state index in [2.05, 4.69) is 27.6 Å². The summed E-state index contributed by atoms with van der Waals surface area (Å²) in [6, 6.07) is 5.94. The van der Waals surface area contributed by atoms with E-state index in [0.29, 0.717) is 0 Å². The zero-order valence-electron chi connectivity index (χ0n) is 6.92. The van der Waals surface area contributed by atoms with Crippen molar-refractivity contribution in [2.45, 2.75) is 6.92 Å². The molecule has 0 aromatic heterocycles. The Hall–Kier alpha value is -0.890. The SMILES string of the molecule is C=Nc1cc(Br)ccc1/C=C\C. The molecule has 12 heavy (non-hydrogen) atoms. The topological polar surface area (TPSA) is 12.4 Å². The van der Waals surface area contributed by atoms with Gasteiger partial charge in [0.1, 0.15) is 0 Å². The Morgan fingerprint density at radius 2 is 2.25 bits per heavy atom. The van der Waals surface area contributed by atoms with Crippen molar-refractivity contribution in [1.82, 2.24) is 0 Å². The first kappa shape index (κ1) is 9.20. The molecule has 1 rings (SSSR count). The average Bonchev–Trinajstić information content (AvgIpc) is 2.08. The van der Waals surface area contributed by atoms with Gasteiger partial charge in [-0.05, 0) is 31.3 Å². The van der Waals surface area contributed by atoms with Gasteiger partial charge in [0, 0.05) is 4.47 Å². The molecule has 0 fully saturated rings. The summed E-state index contributed by atoms with van der Waals surface area (Å²) in [5.74, 6) is 0. The molecule has 0 unspecified atom stereocenters. The second-order valence-corrected chi connectivity index (χ2v) is 3.28. The van der Waals surface area contributed by atoms with E-state index in [1.165, 1.54) is 0 Å². The number of halogens is 1. The largest absolute Gasteiger partial charge is 0.264 e. The van der Waals surface area contributed by atoms with Crippen LogP contribution >= 0.6 is 15.9 Å². The Morgan fingerprint density at radius 1 is 1.50 bits per heavy atom. The van der Waals surface area contributed by atoms with Gasteiger partial charge in [-0.15, -0.1) is 0 Å². The number of hydrogen-bond donors (Lipinski definition) is 0. The van der Waals surface area contributed by atoms with Crippen LogP contribution in [0, 0.1) is 0 Å². The number of benzene rings is 1. The molecule has 0 saturated heterocycles. The number of rotatable bonds is 2. The van der Waals surface area contributed by atoms with Crippen LogP contribution in [0.4, 0.5) is 5.69 Å². The van der Waals surface area contributed by atoms with Crippen molar-refractivity contribution in [2.75, 3.05) is 0 Å². The Labute approximate surface area is 81.0 Å². The van der Waals surface area contributed by atoms with Gasteiger partial charge in [0.15, 0.2) is 0 Å². The molecule has 0 N–H and O–H groups in total. The highest BCUT2D eigenvalue weighted by Crippen LogP contribution is 2.24. The van der Waals surface area contributed by atoms with Crippen molar-refractivity contribution in [3.05, 3.63) is 34.3 Å². The third-order valence-corrected chi connectivity index (χ3v) is 2.00. The van der Waals surface area contributed by atoms with Crippen LogP contribution in [0.3, 0.4) is 0 Å². The van der Waals surface area contributed by atoms with Gasteiger partial charge in [-0.25, -0.2) is 0 Å². The molecule has 1 nitrogen and oxygen atoms in total.